The van der Waals surface area contributed by atoms with Crippen molar-refractivity contribution in [2.45, 2.75) is 50.4 Å². The van der Waals surface area contributed by atoms with Gasteiger partial charge in [0.05, 0.1) is 14.2 Å². The fourth-order valence-corrected chi connectivity index (χ4v) is 3.27. The van der Waals surface area contributed by atoms with Crippen molar-refractivity contribution in [3.63, 3.8) is 0 Å². The summed E-state index contributed by atoms with van der Waals surface area (Å²) in [6, 6.07) is 15.9. The van der Waals surface area contributed by atoms with Crippen molar-refractivity contribution in [2.75, 3.05) is 14.2 Å². The summed E-state index contributed by atoms with van der Waals surface area (Å²) in [7, 11) is 3.33. The van der Waals surface area contributed by atoms with Crippen molar-refractivity contribution in [3.8, 4) is 11.5 Å². The maximum atomic E-state index is 10.5. The summed E-state index contributed by atoms with van der Waals surface area (Å²) in [5.41, 5.74) is 3.51. The first-order chi connectivity index (χ1) is 15.2. The molecule has 4 nitrogen and oxygen atoms in total. The van der Waals surface area contributed by atoms with E-state index in [4.69, 9.17) is 9.47 Å². The van der Waals surface area contributed by atoms with E-state index < -0.39 is 0 Å². The van der Waals surface area contributed by atoms with Crippen LogP contribution >= 0.6 is 24.4 Å². The van der Waals surface area contributed by atoms with Crippen molar-refractivity contribution in [1.29, 1.82) is 0 Å². The summed E-state index contributed by atoms with van der Waals surface area (Å²) in [5.74, 6) is 3.47. The van der Waals surface area contributed by atoms with Gasteiger partial charge in [0.25, 0.3) is 0 Å². The smallest absolute Gasteiger partial charge is 0.142 e. The van der Waals surface area contributed by atoms with E-state index in [-0.39, 0.29) is 4.75 Å². The highest BCUT2D eigenvalue weighted by Gasteiger charge is 2.17. The van der Waals surface area contributed by atoms with Crippen molar-refractivity contribution in [1.82, 2.24) is 0 Å². The number of ether oxygens (including phenoxy) is 2. The Bertz CT molecular complexity index is 771. The van der Waals surface area contributed by atoms with Crippen LogP contribution in [0.25, 0.3) is 0 Å². The van der Waals surface area contributed by atoms with Gasteiger partial charge in [0.15, 0.2) is 0 Å². The summed E-state index contributed by atoms with van der Waals surface area (Å²) >= 11 is 5.93. The lowest BCUT2D eigenvalue weighted by molar-refractivity contribution is -0.108. The van der Waals surface area contributed by atoms with Gasteiger partial charge in [-0.05, 0) is 55.3 Å². The van der Waals surface area contributed by atoms with E-state index in [0.717, 1.165) is 41.2 Å². The zero-order valence-electron chi connectivity index (χ0n) is 20.0. The second kappa shape index (κ2) is 17.4. The Morgan fingerprint density at radius 3 is 1.69 bits per heavy atom. The minimum atomic E-state index is 0.0156. The molecule has 0 aliphatic rings. The number of carbonyl (C=O) groups excluding carboxylic acids is 2. The average Bonchev–Trinajstić information content (AvgIpc) is 2.79. The molecule has 0 atom stereocenters. The SMILES string of the molecule is CC(C)=CC=O.COc1ccc(CS)cc1.COc1ccc(CSC(C)(C)CC=O)cc1. The molecule has 2 aromatic rings. The summed E-state index contributed by atoms with van der Waals surface area (Å²) in [4.78, 5) is 20.0. The summed E-state index contributed by atoms with van der Waals surface area (Å²) < 4.78 is 10.1. The number of rotatable bonds is 9. The number of allylic oxidation sites excluding steroid dienone is 2. The average molecular weight is 477 g/mol. The molecule has 6 heteroatoms. The lowest BCUT2D eigenvalue weighted by atomic mass is 10.1. The maximum Gasteiger partial charge on any atom is 0.142 e. The molecule has 0 saturated carbocycles. The number of thiol groups is 1. The third-order valence-electron chi connectivity index (χ3n) is 4.11. The van der Waals surface area contributed by atoms with Crippen LogP contribution in [0, 0.1) is 0 Å². The standard InChI is InChI=1S/C13H18O2S.C8H10OS.C5H8O/c1-13(2,8-9-14)16-10-11-4-6-12(15-3)7-5-11;1-9-8-4-2-7(6-10)3-5-8;1-5(2)3-4-6/h4-7,9H,8,10H2,1-3H3;2-5,10H,6H2,1H3;3-4H,1-2H3. The fraction of sp³-hybridized carbons (Fsp3) is 0.385. The molecule has 0 heterocycles. The molecule has 2 aromatic carbocycles. The predicted molar refractivity (Wildman–Crippen MR) is 140 cm³/mol. The molecule has 2 rings (SSSR count). The van der Waals surface area contributed by atoms with E-state index in [2.05, 4.69) is 38.6 Å². The molecule has 0 bridgehead atoms. The Morgan fingerprint density at radius 2 is 1.38 bits per heavy atom. The van der Waals surface area contributed by atoms with E-state index in [1.165, 1.54) is 17.2 Å². The fourth-order valence-electron chi connectivity index (χ4n) is 2.13. The second-order valence-electron chi connectivity index (χ2n) is 7.65. The first-order valence-corrected chi connectivity index (χ1v) is 11.9. The highest BCUT2D eigenvalue weighted by Crippen LogP contribution is 2.30. The van der Waals surface area contributed by atoms with Crippen LogP contribution in [0.4, 0.5) is 0 Å². The summed E-state index contributed by atoms with van der Waals surface area (Å²) in [6.45, 7) is 7.95. The number of thioether (sulfide) groups is 1. The topological polar surface area (TPSA) is 52.6 Å². The summed E-state index contributed by atoms with van der Waals surface area (Å²) in [5, 5.41) is 0. The minimum absolute atomic E-state index is 0.0156. The highest BCUT2D eigenvalue weighted by molar-refractivity contribution is 7.99. The van der Waals surface area contributed by atoms with Crippen LogP contribution in [0.3, 0.4) is 0 Å². The Balaban J connectivity index is 0.000000511. The lowest BCUT2D eigenvalue weighted by Crippen LogP contribution is -2.15. The van der Waals surface area contributed by atoms with Crippen molar-refractivity contribution >= 4 is 37.0 Å². The molecule has 0 aliphatic heterocycles. The van der Waals surface area contributed by atoms with Crippen molar-refractivity contribution in [2.24, 2.45) is 0 Å². The quantitative estimate of drug-likeness (QED) is 0.252. The van der Waals surface area contributed by atoms with E-state index in [1.807, 2.05) is 50.2 Å². The molecule has 32 heavy (non-hydrogen) atoms. The van der Waals surface area contributed by atoms with E-state index >= 15 is 0 Å². The molecule has 0 amide bonds. The first-order valence-electron chi connectivity index (χ1n) is 10.2. The molecule has 0 spiro atoms. The van der Waals surface area contributed by atoms with E-state index in [9.17, 15) is 9.59 Å². The predicted octanol–water partition coefficient (Wildman–Crippen LogP) is 6.57. The maximum absolute atomic E-state index is 10.5. The van der Waals surface area contributed by atoms with E-state index in [1.54, 1.807) is 26.0 Å². The van der Waals surface area contributed by atoms with Crippen LogP contribution in [0.2, 0.25) is 0 Å². The zero-order valence-corrected chi connectivity index (χ0v) is 21.7. The molecular formula is C26H36O4S2. The van der Waals surface area contributed by atoms with Crippen LogP contribution in [0.5, 0.6) is 11.5 Å². The van der Waals surface area contributed by atoms with Crippen LogP contribution in [0.1, 0.15) is 45.2 Å². The number of methoxy groups -OCH3 is 2. The number of benzene rings is 2. The molecule has 176 valence electrons. The second-order valence-corrected chi connectivity index (χ2v) is 9.65. The Kier molecular flexibility index (Phi) is 16.2. The molecule has 0 unspecified atom stereocenters. The minimum Gasteiger partial charge on any atom is -0.497 e. The van der Waals surface area contributed by atoms with Gasteiger partial charge in [-0.3, -0.25) is 4.79 Å². The third-order valence-corrected chi connectivity index (χ3v) is 5.90. The number of hydrogen-bond donors (Lipinski definition) is 1. The number of hydrogen-bond acceptors (Lipinski definition) is 6. The molecule has 0 aromatic heterocycles. The van der Waals surface area contributed by atoms with Gasteiger partial charge in [-0.2, -0.15) is 24.4 Å². The largest absolute Gasteiger partial charge is 0.497 e. The number of aldehydes is 2. The van der Waals surface area contributed by atoms with Gasteiger partial charge in [0.1, 0.15) is 24.1 Å². The third kappa shape index (κ3) is 14.8. The Labute approximate surface area is 203 Å². The molecule has 0 aliphatic carbocycles. The van der Waals surface area contributed by atoms with E-state index in [0.29, 0.717) is 6.42 Å². The van der Waals surface area contributed by atoms with Gasteiger partial charge >= 0.3 is 0 Å². The van der Waals surface area contributed by atoms with Gasteiger partial charge in [-0.25, -0.2) is 0 Å². The molecule has 0 radical (unpaired) electrons. The van der Waals surface area contributed by atoms with Crippen molar-refractivity contribution in [3.05, 3.63) is 71.3 Å². The van der Waals surface area contributed by atoms with Gasteiger partial charge in [-0.15, -0.1) is 0 Å². The monoisotopic (exact) mass is 476 g/mol. The Hall–Kier alpha value is -2.18. The first kappa shape index (κ1) is 29.8. The summed E-state index contributed by atoms with van der Waals surface area (Å²) in [6.07, 6.45) is 3.89. The normalized spacial score (nSPS) is 9.84. The molecule has 0 saturated heterocycles. The van der Waals surface area contributed by atoms with Gasteiger partial charge in [-0.1, -0.05) is 43.7 Å². The van der Waals surface area contributed by atoms with Crippen LogP contribution < -0.4 is 9.47 Å². The van der Waals surface area contributed by atoms with Crippen LogP contribution in [-0.2, 0) is 21.1 Å². The van der Waals surface area contributed by atoms with Crippen LogP contribution in [-0.4, -0.2) is 31.5 Å². The van der Waals surface area contributed by atoms with Crippen molar-refractivity contribution < 1.29 is 19.1 Å². The lowest BCUT2D eigenvalue weighted by Gasteiger charge is -2.21. The highest BCUT2D eigenvalue weighted by atomic mass is 32.2. The molecule has 0 fully saturated rings. The molecule has 0 N–H and O–H groups in total. The number of carbonyl (C=O) groups is 2. The van der Waals surface area contributed by atoms with Crippen LogP contribution in [0.15, 0.2) is 60.2 Å². The molecular weight excluding hydrogens is 440 g/mol. The van der Waals surface area contributed by atoms with Gasteiger partial charge < -0.3 is 14.3 Å². The van der Waals surface area contributed by atoms with Gasteiger partial charge in [0, 0.05) is 22.7 Å². The zero-order chi connectivity index (χ0) is 24.4. The van der Waals surface area contributed by atoms with Gasteiger partial charge in [0.2, 0.25) is 0 Å². The Morgan fingerprint density at radius 1 is 0.906 bits per heavy atom.